The molecule has 1 unspecified atom stereocenters. The van der Waals surface area contributed by atoms with Gasteiger partial charge in [0.05, 0.1) is 27.2 Å². The molecule has 0 rings (SSSR count). The summed E-state index contributed by atoms with van der Waals surface area (Å²) in [6.07, 6.45) is -1.10. The highest BCUT2D eigenvalue weighted by Crippen LogP contribution is 2.63. The summed E-state index contributed by atoms with van der Waals surface area (Å²) in [7, 11) is -5.91. The average Bonchev–Trinajstić information content (AvgIpc) is 2.61. The molecule has 0 aliphatic rings. The van der Waals surface area contributed by atoms with Gasteiger partial charge in [0.25, 0.3) is 0 Å². The fourth-order valence-corrected chi connectivity index (χ4v) is 22.7. The largest absolute Gasteiger partial charge is 0.481 e. The topological polar surface area (TPSA) is 132 Å². The Morgan fingerprint density at radius 2 is 0.963 bits per heavy atom. The van der Waals surface area contributed by atoms with E-state index in [1.165, 1.54) is 0 Å². The van der Waals surface area contributed by atoms with E-state index in [0.29, 0.717) is 36.3 Å². The van der Waals surface area contributed by atoms with Crippen molar-refractivity contribution >= 4 is 34.1 Å². The first-order chi connectivity index (χ1) is 12.4. The predicted octanol–water partition coefficient (Wildman–Crippen LogP) is 3.66. The molecule has 0 aromatic rings. The molecule has 0 heterocycles. The number of carboxylic acid groups (broad SMARTS) is 3. The van der Waals surface area contributed by atoms with Gasteiger partial charge < -0.3 is 20.4 Å². The summed E-state index contributed by atoms with van der Waals surface area (Å²) in [5, 5.41) is 41.6. The van der Waals surface area contributed by atoms with Gasteiger partial charge in [-0.1, -0.05) is 77.8 Å². The molecule has 0 saturated carbocycles. The maximum absolute atomic E-state index is 13.1. The lowest BCUT2D eigenvalue weighted by molar-refractivity contribution is -0.173. The fourth-order valence-electron chi connectivity index (χ4n) is 5.75. The molecule has 0 bridgehead atoms. The van der Waals surface area contributed by atoms with E-state index in [1.807, 2.05) is 41.5 Å². The van der Waals surface area contributed by atoms with Crippen molar-refractivity contribution in [3.63, 3.8) is 0 Å². The Kier molecular flexibility index (Phi) is 8.92. The van der Waals surface area contributed by atoms with Crippen LogP contribution in [0, 0.1) is 0 Å². The molecule has 0 fully saturated rings. The van der Waals surface area contributed by atoms with E-state index in [1.54, 1.807) is 0 Å². The number of carboxylic acids is 3. The van der Waals surface area contributed by atoms with Crippen LogP contribution in [0.2, 0.25) is 40.9 Å². The summed E-state index contributed by atoms with van der Waals surface area (Å²) < 4.78 is -1.90. The first-order valence-corrected chi connectivity index (χ1v) is 15.1. The minimum Gasteiger partial charge on any atom is -0.481 e. The van der Waals surface area contributed by atoms with E-state index in [-0.39, 0.29) is 0 Å². The molecule has 1 atom stereocenters. The Morgan fingerprint density at radius 1 is 0.667 bits per heavy atom. The van der Waals surface area contributed by atoms with Crippen molar-refractivity contribution in [2.24, 2.45) is 0 Å². The van der Waals surface area contributed by atoms with Crippen molar-refractivity contribution in [1.82, 2.24) is 0 Å². The van der Waals surface area contributed by atoms with Crippen LogP contribution < -0.4 is 0 Å². The maximum atomic E-state index is 13.1. The van der Waals surface area contributed by atoms with Gasteiger partial charge in [0.15, 0.2) is 5.60 Å². The summed E-state index contributed by atoms with van der Waals surface area (Å²) in [6.45, 7) is 11.2. The molecule has 0 aliphatic carbocycles. The van der Waals surface area contributed by atoms with Gasteiger partial charge in [-0.05, 0) is 0 Å². The molecule has 9 heteroatoms. The first kappa shape index (κ1) is 25.8. The van der Waals surface area contributed by atoms with Crippen molar-refractivity contribution in [3.05, 3.63) is 0 Å². The molecule has 158 valence electrons. The fraction of sp³-hybridized carbons (Fsp3) is 0.833. The van der Waals surface area contributed by atoms with Crippen molar-refractivity contribution in [3.8, 4) is 0 Å². The van der Waals surface area contributed by atoms with Crippen LogP contribution in [0.4, 0.5) is 0 Å². The molecule has 0 aromatic carbocycles. The van der Waals surface area contributed by atoms with E-state index in [0.717, 1.165) is 0 Å². The smallest absolute Gasteiger partial charge is 0.336 e. The maximum Gasteiger partial charge on any atom is 0.336 e. The molecule has 4 N–H and O–H groups in total. The summed E-state index contributed by atoms with van der Waals surface area (Å²) in [6, 6.07) is 2.89. The van der Waals surface area contributed by atoms with E-state index < -0.39 is 50.7 Å². The Hall–Kier alpha value is -1.20. The highest BCUT2D eigenvalue weighted by atomic mass is 28.4. The third-order valence-corrected chi connectivity index (χ3v) is 23.1. The lowest BCUT2D eigenvalue weighted by Gasteiger charge is -2.60. The monoisotopic (exact) mass is 420 g/mol. The molecule has 7 nitrogen and oxygen atoms in total. The second-order valence-electron chi connectivity index (χ2n) is 7.47. The number of rotatable bonds is 13. The van der Waals surface area contributed by atoms with Gasteiger partial charge in [-0.3, -0.25) is 9.59 Å². The van der Waals surface area contributed by atoms with Crippen LogP contribution in [0.3, 0.4) is 0 Å². The number of aliphatic hydroxyl groups is 1. The predicted molar refractivity (Wildman–Crippen MR) is 110 cm³/mol. The molecule has 0 aromatic heterocycles. The Morgan fingerprint density at radius 3 is 1.11 bits per heavy atom. The van der Waals surface area contributed by atoms with Gasteiger partial charge in [0.1, 0.15) is 0 Å². The van der Waals surface area contributed by atoms with Crippen LogP contribution in [0.5, 0.6) is 0 Å². The van der Waals surface area contributed by atoms with Gasteiger partial charge in [0, 0.05) is 0 Å². The number of hydrogen-bond donors (Lipinski definition) is 4. The van der Waals surface area contributed by atoms with Gasteiger partial charge in [-0.2, -0.15) is 0 Å². The molecule has 27 heavy (non-hydrogen) atoms. The number of carbonyl (C=O) groups is 3. The zero-order valence-corrected chi connectivity index (χ0v) is 19.5. The van der Waals surface area contributed by atoms with E-state index >= 15 is 0 Å². The minimum atomic E-state index is -2.96. The third kappa shape index (κ3) is 3.49. The van der Waals surface area contributed by atoms with Gasteiger partial charge in [-0.15, -0.1) is 0 Å². The normalized spacial score (nSPS) is 15.2. The molecule has 0 radical (unpaired) electrons. The van der Waals surface area contributed by atoms with Gasteiger partial charge in [0.2, 0.25) is 0 Å². The van der Waals surface area contributed by atoms with Crippen LogP contribution in [-0.2, 0) is 14.4 Å². The van der Waals surface area contributed by atoms with E-state index in [2.05, 4.69) is 0 Å². The summed E-state index contributed by atoms with van der Waals surface area (Å²) >= 11 is 0. The van der Waals surface area contributed by atoms with Crippen LogP contribution >= 0.6 is 0 Å². The molecule has 0 saturated heterocycles. The third-order valence-electron chi connectivity index (χ3n) is 7.35. The zero-order chi connectivity index (χ0) is 21.7. The molecular formula is C18H36O7Si2. The standard InChI is InChI=1S/C18H36O7Si2/c1-7-26(8-2,9-3)18(16(23)24,27(10-4,11-5)12-6)17(25,15(21)22)13-14(19)20/h25H,7-13H2,1-6H3,(H,19,20)(H,21,22)(H,23,24). The average molecular weight is 421 g/mol. The molecular weight excluding hydrogens is 384 g/mol. The highest BCUT2D eigenvalue weighted by Gasteiger charge is 2.77. The van der Waals surface area contributed by atoms with Crippen molar-refractivity contribution in [1.29, 1.82) is 0 Å². The van der Waals surface area contributed by atoms with Crippen molar-refractivity contribution in [2.75, 3.05) is 0 Å². The Balaban J connectivity index is 7.72. The van der Waals surface area contributed by atoms with Crippen LogP contribution in [0.25, 0.3) is 0 Å². The first-order valence-electron chi connectivity index (χ1n) is 9.83. The molecule has 0 spiro atoms. The van der Waals surface area contributed by atoms with Gasteiger partial charge in [-0.25, -0.2) is 4.79 Å². The SMILES string of the molecule is CC[Si](CC)(CC)C(C(=O)O)(C(O)(CC(=O)O)C(=O)O)[Si](CC)(CC)CC. The number of aliphatic carboxylic acids is 3. The summed E-state index contributed by atoms with van der Waals surface area (Å²) in [5.74, 6) is -4.54. The quantitative estimate of drug-likeness (QED) is 0.334. The van der Waals surface area contributed by atoms with Crippen LogP contribution in [0.15, 0.2) is 0 Å². The van der Waals surface area contributed by atoms with Crippen LogP contribution in [-0.4, -0.2) is 60.1 Å². The molecule has 0 aliphatic heterocycles. The van der Waals surface area contributed by atoms with Crippen LogP contribution in [0.1, 0.15) is 48.0 Å². The second-order valence-corrected chi connectivity index (χ2v) is 18.8. The lowest BCUT2D eigenvalue weighted by Crippen LogP contribution is -2.76. The van der Waals surface area contributed by atoms with E-state index in [9.17, 15) is 34.8 Å². The Bertz CT molecular complexity index is 519. The number of hydrogen-bond acceptors (Lipinski definition) is 4. The van der Waals surface area contributed by atoms with Crippen molar-refractivity contribution < 1.29 is 34.8 Å². The minimum absolute atomic E-state index is 0.482. The second kappa shape index (κ2) is 9.33. The summed E-state index contributed by atoms with van der Waals surface area (Å²) in [4.78, 5) is 37.0. The summed E-state index contributed by atoms with van der Waals surface area (Å²) in [5.41, 5.74) is -2.83. The van der Waals surface area contributed by atoms with E-state index in [4.69, 9.17) is 0 Å². The van der Waals surface area contributed by atoms with Gasteiger partial charge >= 0.3 is 17.9 Å². The van der Waals surface area contributed by atoms with Crippen molar-refractivity contribution in [2.45, 2.75) is 94.5 Å². The highest BCUT2D eigenvalue weighted by molar-refractivity contribution is 7.06. The molecule has 0 amide bonds. The Labute approximate surface area is 163 Å². The zero-order valence-electron chi connectivity index (χ0n) is 17.5. The lowest BCUT2D eigenvalue weighted by atomic mass is 9.94.